The molecule has 1 amide bonds. The van der Waals surface area contributed by atoms with Crippen molar-refractivity contribution in [2.75, 3.05) is 6.54 Å². The number of carbonyl (C=O) groups is 1. The molecule has 1 heterocycles. The molecular weight excluding hydrogens is 255 g/mol. The maximum Gasteiger partial charge on any atom is 0.254 e. The van der Waals surface area contributed by atoms with Gasteiger partial charge in [-0.2, -0.15) is 0 Å². The molecule has 18 heavy (non-hydrogen) atoms. The van der Waals surface area contributed by atoms with Crippen LogP contribution in [0.4, 0.5) is 4.39 Å². The Balaban J connectivity index is 1.90. The van der Waals surface area contributed by atoms with Crippen molar-refractivity contribution in [1.29, 1.82) is 0 Å². The Labute approximate surface area is 111 Å². The zero-order valence-corrected chi connectivity index (χ0v) is 10.8. The van der Waals surface area contributed by atoms with E-state index < -0.39 is 11.7 Å². The summed E-state index contributed by atoms with van der Waals surface area (Å²) in [5, 5.41) is 2.86. The minimum Gasteiger partial charge on any atom is -0.352 e. The van der Waals surface area contributed by atoms with Crippen molar-refractivity contribution in [3.8, 4) is 0 Å². The summed E-state index contributed by atoms with van der Waals surface area (Å²) < 4.78 is 13.3. The van der Waals surface area contributed by atoms with Gasteiger partial charge in [0.05, 0.1) is 11.8 Å². The van der Waals surface area contributed by atoms with Crippen LogP contribution in [-0.2, 0) is 0 Å². The molecular formula is C13H16ClFN2O. The molecule has 0 spiro atoms. The Morgan fingerprint density at radius 3 is 3.00 bits per heavy atom. The predicted octanol–water partition coefficient (Wildman–Crippen LogP) is 2.75. The summed E-state index contributed by atoms with van der Waals surface area (Å²) in [4.78, 5) is 15.4. The fourth-order valence-corrected chi connectivity index (χ4v) is 2.64. The lowest BCUT2D eigenvalue weighted by atomic mass is 9.88. The highest BCUT2D eigenvalue weighted by atomic mass is 35.5. The molecule has 2 atom stereocenters. The van der Waals surface area contributed by atoms with Crippen LogP contribution in [0.2, 0.25) is 0 Å². The Kier molecular flexibility index (Phi) is 4.53. The van der Waals surface area contributed by atoms with Crippen LogP contribution in [-0.4, -0.2) is 22.8 Å². The molecule has 0 aromatic carbocycles. The highest BCUT2D eigenvalue weighted by molar-refractivity contribution is 6.20. The van der Waals surface area contributed by atoms with Crippen molar-refractivity contribution in [1.82, 2.24) is 10.3 Å². The Hall–Kier alpha value is -1.16. The fourth-order valence-electron chi connectivity index (χ4n) is 2.27. The first-order chi connectivity index (χ1) is 8.68. The van der Waals surface area contributed by atoms with Gasteiger partial charge >= 0.3 is 0 Å². The molecule has 0 saturated heterocycles. The Morgan fingerprint density at radius 2 is 2.28 bits per heavy atom. The number of nitrogens with one attached hydrogen (secondary N) is 1. The Morgan fingerprint density at radius 1 is 1.50 bits per heavy atom. The normalized spacial score (nSPS) is 23.7. The lowest BCUT2D eigenvalue weighted by Gasteiger charge is -2.27. The van der Waals surface area contributed by atoms with Gasteiger partial charge in [0.1, 0.15) is 0 Å². The molecule has 5 heteroatoms. The van der Waals surface area contributed by atoms with Crippen LogP contribution in [0.25, 0.3) is 0 Å². The fraction of sp³-hybridized carbons (Fsp3) is 0.538. The van der Waals surface area contributed by atoms with E-state index in [2.05, 4.69) is 10.3 Å². The van der Waals surface area contributed by atoms with E-state index in [1.165, 1.54) is 12.3 Å². The lowest BCUT2D eigenvalue weighted by Crippen LogP contribution is -2.35. The van der Waals surface area contributed by atoms with Crippen LogP contribution >= 0.6 is 11.6 Å². The molecule has 0 radical (unpaired) electrons. The molecule has 1 N–H and O–H groups in total. The van der Waals surface area contributed by atoms with Gasteiger partial charge in [0.2, 0.25) is 0 Å². The third kappa shape index (κ3) is 3.19. The molecule has 1 saturated carbocycles. The summed E-state index contributed by atoms with van der Waals surface area (Å²) in [5.41, 5.74) is 0.0342. The van der Waals surface area contributed by atoms with Gasteiger partial charge in [-0.3, -0.25) is 9.78 Å². The third-order valence-corrected chi connectivity index (χ3v) is 3.93. The first kappa shape index (κ1) is 13.3. The molecule has 0 aliphatic heterocycles. The molecule has 2 unspecified atom stereocenters. The number of aromatic nitrogens is 1. The SMILES string of the molecule is O=C(NCC1CCCCC1Cl)c1ccncc1F. The van der Waals surface area contributed by atoms with Crippen LogP contribution in [0, 0.1) is 11.7 Å². The van der Waals surface area contributed by atoms with E-state index in [9.17, 15) is 9.18 Å². The van der Waals surface area contributed by atoms with Gasteiger partial charge in [0.15, 0.2) is 5.82 Å². The molecule has 1 aliphatic carbocycles. The summed E-state index contributed by atoms with van der Waals surface area (Å²) in [6.45, 7) is 0.509. The van der Waals surface area contributed by atoms with Crippen molar-refractivity contribution < 1.29 is 9.18 Å². The zero-order valence-electron chi connectivity index (χ0n) is 10.0. The van der Waals surface area contributed by atoms with Crippen molar-refractivity contribution in [3.05, 3.63) is 29.8 Å². The molecule has 98 valence electrons. The second-order valence-corrected chi connectivity index (χ2v) is 5.19. The highest BCUT2D eigenvalue weighted by Gasteiger charge is 2.23. The monoisotopic (exact) mass is 270 g/mol. The van der Waals surface area contributed by atoms with Gasteiger partial charge in [-0.25, -0.2) is 4.39 Å². The summed E-state index contributed by atoms with van der Waals surface area (Å²) in [5.74, 6) is -0.709. The first-order valence-electron chi connectivity index (χ1n) is 6.20. The van der Waals surface area contributed by atoms with Crippen molar-refractivity contribution in [2.24, 2.45) is 5.92 Å². The third-order valence-electron chi connectivity index (χ3n) is 3.36. The minimum atomic E-state index is -0.596. The van der Waals surface area contributed by atoms with Gasteiger partial charge in [0, 0.05) is 18.1 Å². The van der Waals surface area contributed by atoms with Gasteiger partial charge in [-0.1, -0.05) is 12.8 Å². The van der Waals surface area contributed by atoms with Crippen molar-refractivity contribution in [3.63, 3.8) is 0 Å². The topological polar surface area (TPSA) is 42.0 Å². The van der Waals surface area contributed by atoms with Gasteiger partial charge in [-0.15, -0.1) is 11.6 Å². The number of pyridine rings is 1. The number of rotatable bonds is 3. The first-order valence-corrected chi connectivity index (χ1v) is 6.64. The molecule has 3 nitrogen and oxygen atoms in total. The van der Waals surface area contributed by atoms with Gasteiger partial charge < -0.3 is 5.32 Å². The van der Waals surface area contributed by atoms with E-state index >= 15 is 0 Å². The summed E-state index contributed by atoms with van der Waals surface area (Å²) in [6, 6.07) is 1.38. The Bertz CT molecular complexity index is 427. The molecule has 0 bridgehead atoms. The van der Waals surface area contributed by atoms with Crippen molar-refractivity contribution in [2.45, 2.75) is 31.1 Å². The van der Waals surface area contributed by atoms with E-state index in [0.29, 0.717) is 6.54 Å². The van der Waals surface area contributed by atoms with Crippen LogP contribution in [0.3, 0.4) is 0 Å². The number of halogens is 2. The van der Waals surface area contributed by atoms with E-state index in [1.54, 1.807) is 0 Å². The lowest BCUT2D eigenvalue weighted by molar-refractivity contribution is 0.0940. The minimum absolute atomic E-state index is 0.0342. The molecule has 1 aromatic heterocycles. The number of hydrogen-bond acceptors (Lipinski definition) is 2. The van der Waals surface area contributed by atoms with E-state index in [-0.39, 0.29) is 16.9 Å². The maximum absolute atomic E-state index is 13.3. The molecule has 2 rings (SSSR count). The molecule has 1 aliphatic rings. The standard InChI is InChI=1S/C13H16ClFN2O/c14-11-4-2-1-3-9(11)7-17-13(18)10-5-6-16-8-12(10)15/h5-6,8-9,11H,1-4,7H2,(H,17,18). The number of carbonyl (C=O) groups excluding carboxylic acids is 1. The second kappa shape index (κ2) is 6.14. The average Bonchev–Trinajstić information content (AvgIpc) is 2.38. The number of alkyl halides is 1. The van der Waals surface area contributed by atoms with Crippen molar-refractivity contribution >= 4 is 17.5 Å². The molecule has 1 fully saturated rings. The van der Waals surface area contributed by atoms with Crippen LogP contribution < -0.4 is 5.32 Å². The van der Waals surface area contributed by atoms with E-state index in [1.807, 2.05) is 0 Å². The number of hydrogen-bond donors (Lipinski definition) is 1. The smallest absolute Gasteiger partial charge is 0.254 e. The van der Waals surface area contributed by atoms with E-state index in [0.717, 1.165) is 31.9 Å². The average molecular weight is 271 g/mol. The van der Waals surface area contributed by atoms with Gasteiger partial charge in [-0.05, 0) is 24.8 Å². The zero-order chi connectivity index (χ0) is 13.0. The second-order valence-electron chi connectivity index (χ2n) is 4.63. The van der Waals surface area contributed by atoms with E-state index in [4.69, 9.17) is 11.6 Å². The largest absolute Gasteiger partial charge is 0.352 e. The summed E-state index contributed by atoms with van der Waals surface area (Å²) in [6.07, 6.45) is 6.76. The summed E-state index contributed by atoms with van der Waals surface area (Å²) >= 11 is 6.21. The number of nitrogens with zero attached hydrogens (tertiary/aromatic N) is 1. The van der Waals surface area contributed by atoms with Crippen LogP contribution in [0.1, 0.15) is 36.0 Å². The summed E-state index contributed by atoms with van der Waals surface area (Å²) in [7, 11) is 0. The number of amides is 1. The van der Waals surface area contributed by atoms with Crippen LogP contribution in [0.15, 0.2) is 18.5 Å². The quantitative estimate of drug-likeness (QED) is 0.858. The van der Waals surface area contributed by atoms with Crippen LogP contribution in [0.5, 0.6) is 0 Å². The maximum atomic E-state index is 13.3. The molecule has 1 aromatic rings. The highest BCUT2D eigenvalue weighted by Crippen LogP contribution is 2.28. The predicted molar refractivity (Wildman–Crippen MR) is 68.1 cm³/mol. The van der Waals surface area contributed by atoms with Gasteiger partial charge in [0.25, 0.3) is 5.91 Å².